The average Bonchev–Trinajstić information content (AvgIpc) is 2.86. The number of hydrogen-bond acceptors (Lipinski definition) is 4. The number of carboxylic acid groups (broad SMARTS) is 1. The SMILES string of the molecule is CC(C)(C)OC(=O)c1cccc(-n2nccc2C(=O)O)c1. The van der Waals surface area contributed by atoms with Crippen LogP contribution in [0.2, 0.25) is 0 Å². The highest BCUT2D eigenvalue weighted by molar-refractivity contribution is 5.90. The van der Waals surface area contributed by atoms with Crippen LogP contribution in [0.4, 0.5) is 0 Å². The third-order valence-electron chi connectivity index (χ3n) is 2.59. The van der Waals surface area contributed by atoms with E-state index in [0.717, 1.165) is 0 Å². The van der Waals surface area contributed by atoms with Gasteiger partial charge in [0.1, 0.15) is 5.60 Å². The standard InChI is InChI=1S/C15H16N2O4/c1-15(2,3)21-14(20)10-5-4-6-11(9-10)17-12(13(18)19)7-8-16-17/h4-9H,1-3H3,(H,18,19). The summed E-state index contributed by atoms with van der Waals surface area (Å²) in [6.07, 6.45) is 1.39. The first-order valence-electron chi connectivity index (χ1n) is 6.39. The van der Waals surface area contributed by atoms with Crippen molar-refractivity contribution < 1.29 is 19.4 Å². The lowest BCUT2D eigenvalue weighted by molar-refractivity contribution is 0.00693. The maximum atomic E-state index is 12.0. The van der Waals surface area contributed by atoms with E-state index in [1.54, 1.807) is 45.0 Å². The van der Waals surface area contributed by atoms with E-state index in [9.17, 15) is 9.59 Å². The molecule has 0 bridgehead atoms. The molecule has 0 spiro atoms. The van der Waals surface area contributed by atoms with Crippen molar-refractivity contribution in [1.29, 1.82) is 0 Å². The van der Waals surface area contributed by atoms with Gasteiger partial charge in [0.2, 0.25) is 0 Å². The van der Waals surface area contributed by atoms with Crippen molar-refractivity contribution >= 4 is 11.9 Å². The van der Waals surface area contributed by atoms with Gasteiger partial charge < -0.3 is 9.84 Å². The Morgan fingerprint density at radius 2 is 1.95 bits per heavy atom. The first-order valence-corrected chi connectivity index (χ1v) is 6.39. The molecule has 0 aliphatic carbocycles. The number of esters is 1. The van der Waals surface area contributed by atoms with Crippen molar-refractivity contribution in [3.63, 3.8) is 0 Å². The van der Waals surface area contributed by atoms with Gasteiger partial charge in [-0.05, 0) is 45.0 Å². The highest BCUT2D eigenvalue weighted by atomic mass is 16.6. The fraction of sp³-hybridized carbons (Fsp3) is 0.267. The van der Waals surface area contributed by atoms with Gasteiger partial charge in [-0.15, -0.1) is 0 Å². The zero-order valence-corrected chi connectivity index (χ0v) is 12.0. The lowest BCUT2D eigenvalue weighted by Crippen LogP contribution is -2.24. The quantitative estimate of drug-likeness (QED) is 0.878. The van der Waals surface area contributed by atoms with Crippen LogP contribution in [0.1, 0.15) is 41.6 Å². The molecule has 1 aromatic carbocycles. The van der Waals surface area contributed by atoms with Crippen molar-refractivity contribution in [2.24, 2.45) is 0 Å². The van der Waals surface area contributed by atoms with Crippen LogP contribution in [-0.2, 0) is 4.74 Å². The average molecular weight is 288 g/mol. The van der Waals surface area contributed by atoms with Crippen molar-refractivity contribution in [1.82, 2.24) is 9.78 Å². The van der Waals surface area contributed by atoms with Gasteiger partial charge in [-0.25, -0.2) is 14.3 Å². The molecular weight excluding hydrogens is 272 g/mol. The Morgan fingerprint density at radius 3 is 2.57 bits per heavy atom. The van der Waals surface area contributed by atoms with Gasteiger partial charge in [0.25, 0.3) is 0 Å². The minimum absolute atomic E-state index is 0.0244. The van der Waals surface area contributed by atoms with E-state index < -0.39 is 17.5 Å². The molecule has 2 rings (SSSR count). The van der Waals surface area contributed by atoms with Crippen LogP contribution >= 0.6 is 0 Å². The Morgan fingerprint density at radius 1 is 1.24 bits per heavy atom. The maximum Gasteiger partial charge on any atom is 0.354 e. The Bertz CT molecular complexity index is 683. The van der Waals surface area contributed by atoms with Gasteiger partial charge >= 0.3 is 11.9 Å². The predicted molar refractivity (Wildman–Crippen MR) is 75.7 cm³/mol. The molecule has 0 unspecified atom stereocenters. The highest BCUT2D eigenvalue weighted by Crippen LogP contribution is 2.16. The normalized spacial score (nSPS) is 11.2. The molecule has 6 nitrogen and oxygen atoms in total. The number of aromatic carboxylic acids is 1. The van der Waals surface area contributed by atoms with E-state index in [1.165, 1.54) is 16.9 Å². The molecule has 2 aromatic rings. The number of carbonyl (C=O) groups excluding carboxylic acids is 1. The van der Waals surface area contributed by atoms with Crippen LogP contribution in [0.25, 0.3) is 5.69 Å². The molecule has 0 amide bonds. The van der Waals surface area contributed by atoms with Gasteiger partial charge in [-0.2, -0.15) is 5.10 Å². The molecule has 110 valence electrons. The maximum absolute atomic E-state index is 12.0. The van der Waals surface area contributed by atoms with Gasteiger partial charge in [-0.3, -0.25) is 0 Å². The van der Waals surface area contributed by atoms with Crippen molar-refractivity contribution in [3.05, 3.63) is 47.8 Å². The third-order valence-corrected chi connectivity index (χ3v) is 2.59. The molecule has 1 N–H and O–H groups in total. The lowest BCUT2D eigenvalue weighted by atomic mass is 10.1. The molecular formula is C15H16N2O4. The zero-order valence-electron chi connectivity index (χ0n) is 12.0. The van der Waals surface area contributed by atoms with Crippen molar-refractivity contribution in [3.8, 4) is 5.69 Å². The van der Waals surface area contributed by atoms with E-state index in [2.05, 4.69) is 5.10 Å². The number of hydrogen-bond donors (Lipinski definition) is 1. The van der Waals surface area contributed by atoms with Crippen LogP contribution in [-0.4, -0.2) is 32.4 Å². The van der Waals surface area contributed by atoms with Crippen LogP contribution in [0.3, 0.4) is 0 Å². The van der Waals surface area contributed by atoms with Gasteiger partial charge in [0.05, 0.1) is 17.4 Å². The number of rotatable bonds is 3. The summed E-state index contributed by atoms with van der Waals surface area (Å²) < 4.78 is 6.55. The molecule has 0 atom stereocenters. The van der Waals surface area contributed by atoms with Gasteiger partial charge in [0, 0.05) is 0 Å². The molecule has 21 heavy (non-hydrogen) atoms. The largest absolute Gasteiger partial charge is 0.477 e. The lowest BCUT2D eigenvalue weighted by Gasteiger charge is -2.19. The highest BCUT2D eigenvalue weighted by Gasteiger charge is 2.19. The summed E-state index contributed by atoms with van der Waals surface area (Å²) >= 11 is 0. The fourth-order valence-electron chi connectivity index (χ4n) is 1.77. The molecule has 0 aliphatic rings. The molecule has 0 saturated carbocycles. The summed E-state index contributed by atoms with van der Waals surface area (Å²) in [5.74, 6) is -1.55. The second kappa shape index (κ2) is 5.40. The molecule has 0 radical (unpaired) electrons. The summed E-state index contributed by atoms with van der Waals surface area (Å²) in [5, 5.41) is 13.1. The van der Waals surface area contributed by atoms with Crippen LogP contribution in [0.15, 0.2) is 36.5 Å². The van der Waals surface area contributed by atoms with Crippen LogP contribution < -0.4 is 0 Å². The number of aromatic nitrogens is 2. The number of carbonyl (C=O) groups is 2. The topological polar surface area (TPSA) is 81.4 Å². The summed E-state index contributed by atoms with van der Waals surface area (Å²) in [7, 11) is 0. The fourth-order valence-corrected chi connectivity index (χ4v) is 1.77. The van der Waals surface area contributed by atoms with E-state index >= 15 is 0 Å². The molecule has 6 heteroatoms. The van der Waals surface area contributed by atoms with Gasteiger partial charge in [-0.1, -0.05) is 6.07 Å². The first kappa shape index (κ1) is 14.8. The number of carboxylic acids is 1. The second-order valence-corrected chi connectivity index (χ2v) is 5.49. The van der Waals surface area contributed by atoms with E-state index in [4.69, 9.17) is 9.84 Å². The van der Waals surface area contributed by atoms with Crippen LogP contribution in [0, 0.1) is 0 Å². The van der Waals surface area contributed by atoms with Crippen LogP contribution in [0.5, 0.6) is 0 Å². The van der Waals surface area contributed by atoms with E-state index in [0.29, 0.717) is 11.3 Å². The molecule has 0 fully saturated rings. The number of ether oxygens (including phenoxy) is 1. The predicted octanol–water partition coefficient (Wildman–Crippen LogP) is 2.53. The summed E-state index contributed by atoms with van der Waals surface area (Å²) in [6, 6.07) is 7.88. The molecule has 1 heterocycles. The zero-order chi connectivity index (χ0) is 15.6. The summed E-state index contributed by atoms with van der Waals surface area (Å²) in [4.78, 5) is 23.1. The number of benzene rings is 1. The Hall–Kier alpha value is -2.63. The van der Waals surface area contributed by atoms with E-state index in [1.807, 2.05) is 0 Å². The Labute approximate surface area is 122 Å². The second-order valence-electron chi connectivity index (χ2n) is 5.49. The van der Waals surface area contributed by atoms with E-state index in [-0.39, 0.29) is 5.69 Å². The number of nitrogens with zero attached hydrogens (tertiary/aromatic N) is 2. The van der Waals surface area contributed by atoms with Crippen molar-refractivity contribution in [2.45, 2.75) is 26.4 Å². The summed E-state index contributed by atoms with van der Waals surface area (Å²) in [6.45, 7) is 5.35. The molecule has 0 saturated heterocycles. The summed E-state index contributed by atoms with van der Waals surface area (Å²) in [5.41, 5.74) is 0.261. The Balaban J connectivity index is 2.36. The molecule has 1 aromatic heterocycles. The first-order chi connectivity index (χ1) is 9.78. The Kier molecular flexibility index (Phi) is 3.80. The molecule has 0 aliphatic heterocycles. The van der Waals surface area contributed by atoms with Gasteiger partial charge in [0.15, 0.2) is 5.69 Å². The minimum Gasteiger partial charge on any atom is -0.477 e. The monoisotopic (exact) mass is 288 g/mol. The minimum atomic E-state index is -1.09. The third kappa shape index (κ3) is 3.47. The van der Waals surface area contributed by atoms with Crippen molar-refractivity contribution in [2.75, 3.05) is 0 Å². The smallest absolute Gasteiger partial charge is 0.354 e.